The van der Waals surface area contributed by atoms with Gasteiger partial charge >= 0.3 is 6.30 Å². The van der Waals surface area contributed by atoms with Crippen molar-refractivity contribution in [2.45, 2.75) is 5.25 Å². The molecule has 0 spiro atoms. The van der Waals surface area contributed by atoms with Crippen LogP contribution in [0.15, 0.2) is 0 Å². The second-order valence-corrected chi connectivity index (χ2v) is 7.00. The van der Waals surface area contributed by atoms with Crippen LogP contribution in [-0.2, 0) is 13.6 Å². The summed E-state index contributed by atoms with van der Waals surface area (Å²) in [5.74, 6) is 0. The van der Waals surface area contributed by atoms with Gasteiger partial charge in [0.1, 0.15) is 0 Å². The molecule has 0 aromatic rings. The molecular formula is C4H8BrO3PS. The molecular weight excluding hydrogens is 239 g/mol. The van der Waals surface area contributed by atoms with Gasteiger partial charge in [0, 0.05) is 15.5 Å². The van der Waals surface area contributed by atoms with Crippen molar-refractivity contribution in [1.29, 1.82) is 0 Å². The maximum Gasteiger partial charge on any atom is 0.396 e. The molecule has 60 valence electrons. The molecule has 0 atom stereocenters. The van der Waals surface area contributed by atoms with Crippen LogP contribution in [0.4, 0.5) is 0 Å². The van der Waals surface area contributed by atoms with E-state index in [1.54, 1.807) is 11.8 Å². The summed E-state index contributed by atoms with van der Waals surface area (Å²) in [7, 11) is 0. The van der Waals surface area contributed by atoms with E-state index in [2.05, 4.69) is 15.5 Å². The third-order valence-electron chi connectivity index (χ3n) is 1.16. The quantitative estimate of drug-likeness (QED) is 0.666. The average Bonchev–Trinajstić information content (AvgIpc) is 1.88. The molecule has 1 rings (SSSR count). The second-order valence-electron chi connectivity index (χ2n) is 1.88. The van der Waals surface area contributed by atoms with Crippen molar-refractivity contribution in [2.75, 3.05) is 19.5 Å². The normalized spacial score (nSPS) is 41.6. The van der Waals surface area contributed by atoms with Gasteiger partial charge in [-0.05, 0) is 6.26 Å². The van der Waals surface area contributed by atoms with Gasteiger partial charge in [-0.2, -0.15) is 11.8 Å². The Balaban J connectivity index is 2.38. The Morgan fingerprint density at radius 3 is 2.50 bits per heavy atom. The molecule has 1 saturated heterocycles. The lowest BCUT2D eigenvalue weighted by atomic mass is 10.5. The van der Waals surface area contributed by atoms with Crippen LogP contribution in [0.5, 0.6) is 0 Å². The first kappa shape index (κ1) is 9.07. The fourth-order valence-corrected chi connectivity index (χ4v) is 2.68. The molecule has 1 aliphatic rings. The van der Waals surface area contributed by atoms with Gasteiger partial charge in [-0.15, -0.1) is 0 Å². The van der Waals surface area contributed by atoms with Gasteiger partial charge in [-0.3, -0.25) is 9.05 Å². The third-order valence-corrected chi connectivity index (χ3v) is 4.24. The van der Waals surface area contributed by atoms with E-state index in [-0.39, 0.29) is 0 Å². The Kier molecular flexibility index (Phi) is 3.25. The maximum absolute atomic E-state index is 11.0. The summed E-state index contributed by atoms with van der Waals surface area (Å²) in [5, 5.41) is 0.319. The summed E-state index contributed by atoms with van der Waals surface area (Å²) in [6, 6.07) is 0. The summed E-state index contributed by atoms with van der Waals surface area (Å²) in [4.78, 5) is 0. The molecule has 10 heavy (non-hydrogen) atoms. The zero-order valence-corrected chi connectivity index (χ0v) is 8.75. The van der Waals surface area contributed by atoms with E-state index < -0.39 is 6.30 Å². The van der Waals surface area contributed by atoms with Gasteiger partial charge in [0.25, 0.3) is 0 Å². The Bertz CT molecular complexity index is 153. The van der Waals surface area contributed by atoms with Crippen LogP contribution in [-0.4, -0.2) is 24.7 Å². The number of hydrogen-bond donors (Lipinski definition) is 0. The van der Waals surface area contributed by atoms with E-state index in [0.29, 0.717) is 18.5 Å². The molecule has 0 saturated carbocycles. The van der Waals surface area contributed by atoms with Crippen LogP contribution < -0.4 is 0 Å². The zero-order chi connectivity index (χ0) is 7.61. The second kappa shape index (κ2) is 3.59. The van der Waals surface area contributed by atoms with Gasteiger partial charge in [0.2, 0.25) is 0 Å². The predicted octanol–water partition coefficient (Wildman–Crippen LogP) is 2.27. The molecule has 1 aliphatic heterocycles. The minimum absolute atomic E-state index is 0.319. The van der Waals surface area contributed by atoms with Crippen molar-refractivity contribution >= 4 is 33.5 Å². The van der Waals surface area contributed by atoms with Crippen LogP contribution in [0.3, 0.4) is 0 Å². The summed E-state index contributed by atoms with van der Waals surface area (Å²) in [6.45, 7) is 1.01. The Hall–Kier alpha value is 0.980. The van der Waals surface area contributed by atoms with Crippen molar-refractivity contribution in [3.63, 3.8) is 0 Å². The molecule has 3 nitrogen and oxygen atoms in total. The summed E-state index contributed by atoms with van der Waals surface area (Å²) in [5.41, 5.74) is 0. The van der Waals surface area contributed by atoms with Crippen molar-refractivity contribution < 1.29 is 13.6 Å². The summed E-state index contributed by atoms with van der Waals surface area (Å²) in [6.07, 6.45) is -0.864. The van der Waals surface area contributed by atoms with E-state index in [1.807, 2.05) is 6.26 Å². The molecule has 6 heteroatoms. The van der Waals surface area contributed by atoms with Gasteiger partial charge in [0.15, 0.2) is 0 Å². The fraction of sp³-hybridized carbons (Fsp3) is 1.00. The number of rotatable bonds is 1. The van der Waals surface area contributed by atoms with E-state index in [9.17, 15) is 4.57 Å². The maximum atomic E-state index is 11.0. The van der Waals surface area contributed by atoms with Crippen LogP contribution in [0.25, 0.3) is 0 Å². The molecule has 1 fully saturated rings. The highest BCUT2D eigenvalue weighted by Gasteiger charge is 2.28. The first-order valence-corrected chi connectivity index (χ1v) is 7.60. The molecule has 0 aliphatic carbocycles. The summed E-state index contributed by atoms with van der Waals surface area (Å²) >= 11 is 4.51. The van der Waals surface area contributed by atoms with Gasteiger partial charge in [-0.1, -0.05) is 0 Å². The van der Waals surface area contributed by atoms with Crippen molar-refractivity contribution in [3.8, 4) is 0 Å². The van der Waals surface area contributed by atoms with Crippen LogP contribution in [0.1, 0.15) is 0 Å². The number of halogens is 1. The third kappa shape index (κ3) is 2.55. The highest BCUT2D eigenvalue weighted by molar-refractivity contribution is 9.39. The van der Waals surface area contributed by atoms with Crippen molar-refractivity contribution in [1.82, 2.24) is 0 Å². The Morgan fingerprint density at radius 2 is 2.10 bits per heavy atom. The SMILES string of the molecule is CSC1COP(=O)(Br)OC1. The lowest BCUT2D eigenvalue weighted by Crippen LogP contribution is -2.21. The van der Waals surface area contributed by atoms with Gasteiger partial charge in [0.05, 0.1) is 18.5 Å². The Morgan fingerprint density at radius 1 is 1.60 bits per heavy atom. The minimum Gasteiger partial charge on any atom is -0.299 e. The molecule has 1 heterocycles. The molecule has 0 N–H and O–H groups in total. The van der Waals surface area contributed by atoms with Gasteiger partial charge < -0.3 is 0 Å². The first-order chi connectivity index (χ1) is 4.64. The Labute approximate surface area is 72.1 Å². The smallest absolute Gasteiger partial charge is 0.299 e. The number of hydrogen-bond acceptors (Lipinski definition) is 4. The van der Waals surface area contributed by atoms with Crippen molar-refractivity contribution in [3.05, 3.63) is 0 Å². The van der Waals surface area contributed by atoms with Crippen LogP contribution in [0.2, 0.25) is 0 Å². The monoisotopic (exact) mass is 246 g/mol. The zero-order valence-electron chi connectivity index (χ0n) is 5.45. The minimum atomic E-state index is -2.84. The summed E-state index contributed by atoms with van der Waals surface area (Å²) < 4.78 is 20.8. The fourth-order valence-electron chi connectivity index (χ4n) is 0.566. The number of thioether (sulfide) groups is 1. The topological polar surface area (TPSA) is 35.5 Å². The van der Waals surface area contributed by atoms with Crippen molar-refractivity contribution in [2.24, 2.45) is 0 Å². The molecule has 0 aromatic carbocycles. The largest absolute Gasteiger partial charge is 0.396 e. The van der Waals surface area contributed by atoms with E-state index >= 15 is 0 Å². The lowest BCUT2D eigenvalue weighted by Gasteiger charge is -2.23. The van der Waals surface area contributed by atoms with E-state index in [1.165, 1.54) is 0 Å². The van der Waals surface area contributed by atoms with E-state index in [0.717, 1.165) is 0 Å². The van der Waals surface area contributed by atoms with Crippen LogP contribution >= 0.6 is 33.5 Å². The van der Waals surface area contributed by atoms with Crippen LogP contribution in [0, 0.1) is 0 Å². The van der Waals surface area contributed by atoms with E-state index in [4.69, 9.17) is 9.05 Å². The molecule has 0 radical (unpaired) electrons. The first-order valence-electron chi connectivity index (χ1n) is 2.75. The highest BCUT2D eigenvalue weighted by atomic mass is 79.9. The van der Waals surface area contributed by atoms with Gasteiger partial charge in [-0.25, -0.2) is 4.57 Å². The molecule has 0 unspecified atom stereocenters. The standard InChI is InChI=1S/C4H8BrO3PS/c1-10-4-2-7-9(5,6)8-3-4/h4H,2-3H2,1H3. The lowest BCUT2D eigenvalue weighted by molar-refractivity contribution is 0.167. The highest BCUT2D eigenvalue weighted by Crippen LogP contribution is 2.58. The molecule has 0 aromatic heterocycles. The average molecular weight is 247 g/mol. The predicted molar refractivity (Wildman–Crippen MR) is 45.7 cm³/mol. The molecule has 0 bridgehead atoms. The molecule has 0 amide bonds.